The van der Waals surface area contributed by atoms with E-state index in [2.05, 4.69) is 0 Å². The lowest BCUT2D eigenvalue weighted by molar-refractivity contribution is -0.385. The quantitative estimate of drug-likeness (QED) is 0.636. The molecule has 8 heteroatoms. The van der Waals surface area contributed by atoms with Crippen LogP contribution in [0.15, 0.2) is 18.2 Å². The summed E-state index contributed by atoms with van der Waals surface area (Å²) in [6.45, 7) is 1.65. The zero-order valence-corrected chi connectivity index (χ0v) is 11.7. The molecule has 0 saturated carbocycles. The Hall–Kier alpha value is -2.19. The fourth-order valence-corrected chi connectivity index (χ4v) is 2.19. The third-order valence-electron chi connectivity index (χ3n) is 3.31. The summed E-state index contributed by atoms with van der Waals surface area (Å²) in [6.07, 6.45) is -0.178. The molecule has 1 saturated heterocycles. The lowest BCUT2D eigenvalue weighted by Crippen LogP contribution is -2.48. The zero-order valence-electron chi connectivity index (χ0n) is 11.7. The number of methoxy groups -OCH3 is 1. The summed E-state index contributed by atoms with van der Waals surface area (Å²) in [7, 11) is 1.33. The van der Waals surface area contributed by atoms with E-state index in [1.807, 2.05) is 0 Å². The van der Waals surface area contributed by atoms with Gasteiger partial charge in [-0.05, 0) is 6.07 Å². The molecule has 114 valence electrons. The largest absolute Gasteiger partial charge is 0.490 e. The van der Waals surface area contributed by atoms with Crippen molar-refractivity contribution in [1.82, 2.24) is 4.90 Å². The highest BCUT2D eigenvalue weighted by molar-refractivity contribution is 5.95. The monoisotopic (exact) mass is 295 g/mol. The first-order chi connectivity index (χ1) is 10.1. The number of amides is 1. The van der Waals surface area contributed by atoms with Gasteiger partial charge in [0.25, 0.3) is 5.91 Å². The normalized spacial score (nSPS) is 18.4. The minimum atomic E-state index is -0.549. The molecule has 1 aromatic carbocycles. The van der Waals surface area contributed by atoms with Crippen molar-refractivity contribution in [2.75, 3.05) is 33.4 Å². The summed E-state index contributed by atoms with van der Waals surface area (Å²) < 4.78 is 10.4. The second-order valence-electron chi connectivity index (χ2n) is 4.62. The predicted molar refractivity (Wildman–Crippen MR) is 74.3 cm³/mol. The number of nitro benzene ring substituents is 1. The Morgan fingerprint density at radius 3 is 3.00 bits per heavy atom. The maximum atomic E-state index is 12.4. The second-order valence-corrected chi connectivity index (χ2v) is 4.62. The Balaban J connectivity index is 2.21. The fraction of sp³-hybridized carbons (Fsp3) is 0.462. The third kappa shape index (κ3) is 3.29. The Morgan fingerprint density at radius 2 is 2.38 bits per heavy atom. The van der Waals surface area contributed by atoms with Crippen LogP contribution in [-0.2, 0) is 4.74 Å². The molecular formula is C13H17N3O5. The highest BCUT2D eigenvalue weighted by atomic mass is 16.6. The van der Waals surface area contributed by atoms with Gasteiger partial charge in [-0.25, -0.2) is 0 Å². The molecule has 1 heterocycles. The van der Waals surface area contributed by atoms with E-state index in [1.165, 1.54) is 25.3 Å². The smallest absolute Gasteiger partial charge is 0.310 e. The van der Waals surface area contributed by atoms with Crippen molar-refractivity contribution in [1.29, 1.82) is 0 Å². The fourth-order valence-electron chi connectivity index (χ4n) is 2.19. The molecule has 0 bridgehead atoms. The van der Waals surface area contributed by atoms with Crippen LogP contribution in [0.5, 0.6) is 5.75 Å². The number of hydrogen-bond donors (Lipinski definition) is 1. The van der Waals surface area contributed by atoms with E-state index in [-0.39, 0.29) is 23.4 Å². The van der Waals surface area contributed by atoms with E-state index in [0.29, 0.717) is 31.8 Å². The van der Waals surface area contributed by atoms with E-state index in [0.717, 1.165) is 0 Å². The van der Waals surface area contributed by atoms with Crippen LogP contribution < -0.4 is 10.5 Å². The van der Waals surface area contributed by atoms with Crippen molar-refractivity contribution in [2.45, 2.75) is 6.10 Å². The number of rotatable bonds is 4. The number of nitrogens with two attached hydrogens (primary N) is 1. The van der Waals surface area contributed by atoms with Gasteiger partial charge in [0, 0.05) is 37.3 Å². The topological polar surface area (TPSA) is 108 Å². The molecule has 1 aromatic rings. The first kappa shape index (κ1) is 15.2. The van der Waals surface area contributed by atoms with Crippen LogP contribution in [0.1, 0.15) is 10.4 Å². The van der Waals surface area contributed by atoms with Gasteiger partial charge in [0.1, 0.15) is 0 Å². The highest BCUT2D eigenvalue weighted by Crippen LogP contribution is 2.28. The van der Waals surface area contributed by atoms with E-state index in [4.69, 9.17) is 15.2 Å². The number of nitrogens with zero attached hydrogens (tertiary/aromatic N) is 2. The molecule has 0 radical (unpaired) electrons. The summed E-state index contributed by atoms with van der Waals surface area (Å²) in [6, 6.07) is 4.08. The van der Waals surface area contributed by atoms with Gasteiger partial charge in [-0.3, -0.25) is 14.9 Å². The summed E-state index contributed by atoms with van der Waals surface area (Å²) >= 11 is 0. The number of benzene rings is 1. The van der Waals surface area contributed by atoms with Gasteiger partial charge in [0.2, 0.25) is 0 Å². The minimum Gasteiger partial charge on any atom is -0.490 e. The molecule has 2 rings (SSSR count). The molecule has 1 aliphatic rings. The molecule has 1 atom stereocenters. The Bertz CT molecular complexity index is 549. The van der Waals surface area contributed by atoms with Crippen LogP contribution >= 0.6 is 0 Å². The van der Waals surface area contributed by atoms with Crippen LogP contribution in [0.25, 0.3) is 0 Å². The highest BCUT2D eigenvalue weighted by Gasteiger charge is 2.25. The van der Waals surface area contributed by atoms with Gasteiger partial charge >= 0.3 is 5.69 Å². The SMILES string of the molecule is COc1cc(C(=O)N2CCOC(CN)C2)ccc1[N+](=O)[O-]. The van der Waals surface area contributed by atoms with Crippen LogP contribution in [0, 0.1) is 10.1 Å². The number of carbonyl (C=O) groups excluding carboxylic acids is 1. The van der Waals surface area contributed by atoms with Gasteiger partial charge < -0.3 is 20.1 Å². The van der Waals surface area contributed by atoms with Crippen LogP contribution in [0.3, 0.4) is 0 Å². The Kier molecular flexibility index (Phi) is 4.71. The van der Waals surface area contributed by atoms with Crippen molar-refractivity contribution in [3.05, 3.63) is 33.9 Å². The molecule has 8 nitrogen and oxygen atoms in total. The van der Waals surface area contributed by atoms with Gasteiger partial charge in [-0.1, -0.05) is 0 Å². The Labute approximate surface area is 121 Å². The Morgan fingerprint density at radius 1 is 1.62 bits per heavy atom. The lowest BCUT2D eigenvalue weighted by atomic mass is 10.1. The third-order valence-corrected chi connectivity index (χ3v) is 3.31. The summed E-state index contributed by atoms with van der Waals surface area (Å²) in [5.74, 6) is -0.153. The predicted octanol–water partition coefficient (Wildman–Crippen LogP) is 0.403. The number of hydrogen-bond acceptors (Lipinski definition) is 6. The molecule has 2 N–H and O–H groups in total. The summed E-state index contributed by atoms with van der Waals surface area (Å²) in [4.78, 5) is 24.3. The van der Waals surface area contributed by atoms with Crippen molar-refractivity contribution in [3.63, 3.8) is 0 Å². The van der Waals surface area contributed by atoms with Crippen molar-refractivity contribution in [2.24, 2.45) is 5.73 Å². The van der Waals surface area contributed by atoms with Crippen LogP contribution in [-0.4, -0.2) is 55.2 Å². The average molecular weight is 295 g/mol. The first-order valence-corrected chi connectivity index (χ1v) is 6.50. The maximum Gasteiger partial charge on any atom is 0.310 e. The standard InChI is InChI=1S/C13H17N3O5/c1-20-12-6-9(2-3-11(12)16(18)19)13(17)15-4-5-21-10(7-14)8-15/h2-3,6,10H,4-5,7-8,14H2,1H3. The average Bonchev–Trinajstić information content (AvgIpc) is 2.53. The maximum absolute atomic E-state index is 12.4. The number of carbonyl (C=O) groups is 1. The number of morpholine rings is 1. The molecule has 0 aliphatic carbocycles. The van der Waals surface area contributed by atoms with Gasteiger partial charge in [0.05, 0.1) is 24.7 Å². The lowest BCUT2D eigenvalue weighted by Gasteiger charge is -2.32. The molecule has 1 aliphatic heterocycles. The molecule has 1 unspecified atom stereocenters. The molecular weight excluding hydrogens is 278 g/mol. The number of ether oxygens (including phenoxy) is 2. The molecule has 1 amide bonds. The zero-order chi connectivity index (χ0) is 15.4. The van der Waals surface area contributed by atoms with Crippen molar-refractivity contribution in [3.8, 4) is 5.75 Å². The second kappa shape index (κ2) is 6.51. The van der Waals surface area contributed by atoms with Gasteiger partial charge in [-0.15, -0.1) is 0 Å². The molecule has 21 heavy (non-hydrogen) atoms. The first-order valence-electron chi connectivity index (χ1n) is 6.50. The van der Waals surface area contributed by atoms with Crippen LogP contribution in [0.4, 0.5) is 5.69 Å². The molecule has 0 spiro atoms. The summed E-state index contributed by atoms with van der Waals surface area (Å²) in [5, 5.41) is 10.8. The molecule has 0 aromatic heterocycles. The van der Waals surface area contributed by atoms with Crippen molar-refractivity contribution < 1.29 is 19.2 Å². The minimum absolute atomic E-state index is 0.0643. The van der Waals surface area contributed by atoms with E-state index >= 15 is 0 Å². The molecule has 1 fully saturated rings. The van der Waals surface area contributed by atoms with Gasteiger partial charge in [-0.2, -0.15) is 0 Å². The van der Waals surface area contributed by atoms with E-state index < -0.39 is 4.92 Å². The van der Waals surface area contributed by atoms with Crippen LogP contribution in [0.2, 0.25) is 0 Å². The number of nitro groups is 1. The summed E-state index contributed by atoms with van der Waals surface area (Å²) in [5.41, 5.74) is 5.72. The van der Waals surface area contributed by atoms with E-state index in [1.54, 1.807) is 4.90 Å². The van der Waals surface area contributed by atoms with Gasteiger partial charge in [0.15, 0.2) is 5.75 Å². The van der Waals surface area contributed by atoms with E-state index in [9.17, 15) is 14.9 Å². The van der Waals surface area contributed by atoms with Crippen molar-refractivity contribution >= 4 is 11.6 Å².